The third-order valence-corrected chi connectivity index (χ3v) is 1.61. The van der Waals surface area contributed by atoms with Crippen molar-refractivity contribution in [2.45, 2.75) is 0 Å². The van der Waals surface area contributed by atoms with Gasteiger partial charge in [-0.05, 0) is 14.1 Å². The van der Waals surface area contributed by atoms with Crippen LogP contribution in [0.4, 0.5) is 0 Å². The number of hydrogen-bond donors (Lipinski definition) is 1. The van der Waals surface area contributed by atoms with Crippen molar-refractivity contribution >= 4 is 5.97 Å². The molecule has 0 heterocycles. The van der Waals surface area contributed by atoms with Crippen LogP contribution in [0.3, 0.4) is 0 Å². The lowest BCUT2D eigenvalue weighted by Crippen LogP contribution is -2.35. The number of likely N-dealkylation sites (N-methyl/N-ethyl adjacent to an activating group) is 1. The summed E-state index contributed by atoms with van der Waals surface area (Å²) >= 11 is 0. The molecule has 0 aliphatic heterocycles. The first kappa shape index (κ1) is 12.1. The normalized spacial score (nSPS) is 10.8. The van der Waals surface area contributed by atoms with Crippen LogP contribution in [-0.4, -0.2) is 61.2 Å². The SMILES string of the molecule is C=CCN(CCN(C)C)CC(=O)O. The van der Waals surface area contributed by atoms with Gasteiger partial charge in [0.1, 0.15) is 0 Å². The van der Waals surface area contributed by atoms with Gasteiger partial charge in [0.05, 0.1) is 6.54 Å². The average molecular weight is 186 g/mol. The Morgan fingerprint density at radius 2 is 2.08 bits per heavy atom. The molecule has 0 spiro atoms. The summed E-state index contributed by atoms with van der Waals surface area (Å²) in [6.45, 7) is 5.91. The molecule has 0 fully saturated rings. The van der Waals surface area contributed by atoms with Gasteiger partial charge >= 0.3 is 5.97 Å². The predicted molar refractivity (Wildman–Crippen MR) is 52.8 cm³/mol. The van der Waals surface area contributed by atoms with Gasteiger partial charge in [-0.2, -0.15) is 0 Å². The van der Waals surface area contributed by atoms with Crippen LogP contribution in [0.2, 0.25) is 0 Å². The number of carboxylic acid groups (broad SMARTS) is 1. The number of rotatable bonds is 7. The molecule has 0 atom stereocenters. The Kier molecular flexibility index (Phi) is 6.18. The van der Waals surface area contributed by atoms with E-state index in [1.165, 1.54) is 0 Å². The van der Waals surface area contributed by atoms with Gasteiger partial charge in [-0.25, -0.2) is 0 Å². The van der Waals surface area contributed by atoms with E-state index in [4.69, 9.17) is 5.11 Å². The molecule has 0 saturated carbocycles. The van der Waals surface area contributed by atoms with Gasteiger partial charge in [0.15, 0.2) is 0 Å². The summed E-state index contributed by atoms with van der Waals surface area (Å²) in [5.74, 6) is -0.791. The molecule has 0 aromatic rings. The number of carbonyl (C=O) groups is 1. The second-order valence-corrected chi connectivity index (χ2v) is 3.22. The lowest BCUT2D eigenvalue weighted by atomic mass is 10.4. The average Bonchev–Trinajstić information content (AvgIpc) is 1.99. The molecule has 0 radical (unpaired) electrons. The van der Waals surface area contributed by atoms with Crippen LogP contribution in [0.25, 0.3) is 0 Å². The van der Waals surface area contributed by atoms with Gasteiger partial charge in [-0.1, -0.05) is 6.08 Å². The second-order valence-electron chi connectivity index (χ2n) is 3.22. The molecular formula is C9H18N2O2. The Hall–Kier alpha value is -0.870. The topological polar surface area (TPSA) is 43.8 Å². The summed E-state index contributed by atoms with van der Waals surface area (Å²) < 4.78 is 0. The van der Waals surface area contributed by atoms with Crippen LogP contribution < -0.4 is 0 Å². The minimum Gasteiger partial charge on any atom is -0.480 e. The molecular weight excluding hydrogens is 168 g/mol. The molecule has 0 rings (SSSR count). The molecule has 0 aromatic carbocycles. The summed E-state index contributed by atoms with van der Waals surface area (Å²) in [7, 11) is 3.93. The van der Waals surface area contributed by atoms with Gasteiger partial charge in [-0.15, -0.1) is 6.58 Å². The third-order valence-electron chi connectivity index (χ3n) is 1.61. The third kappa shape index (κ3) is 7.49. The molecule has 4 nitrogen and oxygen atoms in total. The number of hydrogen-bond acceptors (Lipinski definition) is 3. The van der Waals surface area contributed by atoms with E-state index in [2.05, 4.69) is 6.58 Å². The summed E-state index contributed by atoms with van der Waals surface area (Å²) in [5.41, 5.74) is 0. The maximum absolute atomic E-state index is 10.4. The summed E-state index contributed by atoms with van der Waals surface area (Å²) in [6, 6.07) is 0. The van der Waals surface area contributed by atoms with Gasteiger partial charge in [0, 0.05) is 19.6 Å². The van der Waals surface area contributed by atoms with Crippen molar-refractivity contribution in [1.82, 2.24) is 9.80 Å². The molecule has 0 aliphatic rings. The first-order valence-electron chi connectivity index (χ1n) is 4.26. The molecule has 0 aromatic heterocycles. The molecule has 13 heavy (non-hydrogen) atoms. The Balaban J connectivity index is 3.79. The zero-order valence-electron chi connectivity index (χ0n) is 8.36. The first-order valence-corrected chi connectivity index (χ1v) is 4.26. The lowest BCUT2D eigenvalue weighted by molar-refractivity contribution is -0.138. The first-order chi connectivity index (χ1) is 6.06. The fourth-order valence-electron chi connectivity index (χ4n) is 0.950. The highest BCUT2D eigenvalue weighted by Crippen LogP contribution is 1.89. The van der Waals surface area contributed by atoms with Crippen molar-refractivity contribution in [2.75, 3.05) is 40.3 Å². The number of aliphatic carboxylic acids is 1. The molecule has 0 unspecified atom stereocenters. The van der Waals surface area contributed by atoms with E-state index in [1.54, 1.807) is 6.08 Å². The van der Waals surface area contributed by atoms with Crippen LogP contribution in [0.1, 0.15) is 0 Å². The summed E-state index contributed by atoms with van der Waals surface area (Å²) in [6.07, 6.45) is 1.72. The van der Waals surface area contributed by atoms with E-state index in [-0.39, 0.29) is 6.54 Å². The standard InChI is InChI=1S/C9H18N2O2/c1-4-5-11(8-9(12)13)7-6-10(2)3/h4H,1,5-8H2,2-3H3,(H,12,13). The van der Waals surface area contributed by atoms with Gasteiger partial charge in [-0.3, -0.25) is 9.69 Å². The van der Waals surface area contributed by atoms with Crippen molar-refractivity contribution in [2.24, 2.45) is 0 Å². The van der Waals surface area contributed by atoms with E-state index in [0.29, 0.717) is 6.54 Å². The zero-order valence-corrected chi connectivity index (χ0v) is 8.36. The summed E-state index contributed by atoms with van der Waals surface area (Å²) in [4.78, 5) is 14.3. The van der Waals surface area contributed by atoms with Gasteiger partial charge in [0.25, 0.3) is 0 Å². The molecule has 0 aliphatic carbocycles. The monoisotopic (exact) mass is 186 g/mol. The van der Waals surface area contributed by atoms with E-state index in [1.807, 2.05) is 23.9 Å². The highest BCUT2D eigenvalue weighted by Gasteiger charge is 2.07. The van der Waals surface area contributed by atoms with E-state index in [9.17, 15) is 4.79 Å². The van der Waals surface area contributed by atoms with Crippen molar-refractivity contribution in [3.05, 3.63) is 12.7 Å². The maximum atomic E-state index is 10.4. The quantitative estimate of drug-likeness (QED) is 0.574. The van der Waals surface area contributed by atoms with E-state index < -0.39 is 5.97 Å². The maximum Gasteiger partial charge on any atom is 0.317 e. The van der Waals surface area contributed by atoms with Gasteiger partial charge in [0.2, 0.25) is 0 Å². The van der Waals surface area contributed by atoms with E-state index in [0.717, 1.165) is 13.1 Å². The highest BCUT2D eigenvalue weighted by molar-refractivity contribution is 5.69. The highest BCUT2D eigenvalue weighted by atomic mass is 16.4. The van der Waals surface area contributed by atoms with Crippen LogP contribution >= 0.6 is 0 Å². The van der Waals surface area contributed by atoms with E-state index >= 15 is 0 Å². The lowest BCUT2D eigenvalue weighted by Gasteiger charge is -2.20. The second kappa shape index (κ2) is 6.62. The van der Waals surface area contributed by atoms with Crippen molar-refractivity contribution < 1.29 is 9.90 Å². The molecule has 1 N–H and O–H groups in total. The Bertz CT molecular complexity index is 169. The number of nitrogens with zero attached hydrogens (tertiary/aromatic N) is 2. The van der Waals surface area contributed by atoms with Crippen LogP contribution in [0.15, 0.2) is 12.7 Å². The van der Waals surface area contributed by atoms with Crippen molar-refractivity contribution in [1.29, 1.82) is 0 Å². The smallest absolute Gasteiger partial charge is 0.317 e. The number of carboxylic acids is 1. The predicted octanol–water partition coefficient (Wildman–Crippen LogP) is 0.121. The largest absolute Gasteiger partial charge is 0.480 e. The minimum atomic E-state index is -0.791. The Labute approximate surface area is 79.4 Å². The van der Waals surface area contributed by atoms with Crippen LogP contribution in [0.5, 0.6) is 0 Å². The fraction of sp³-hybridized carbons (Fsp3) is 0.667. The minimum absolute atomic E-state index is 0.0832. The fourth-order valence-corrected chi connectivity index (χ4v) is 0.950. The Morgan fingerprint density at radius 1 is 1.46 bits per heavy atom. The van der Waals surface area contributed by atoms with Crippen molar-refractivity contribution in [3.8, 4) is 0 Å². The molecule has 4 heteroatoms. The zero-order chi connectivity index (χ0) is 10.3. The van der Waals surface area contributed by atoms with Crippen molar-refractivity contribution in [3.63, 3.8) is 0 Å². The van der Waals surface area contributed by atoms with Crippen LogP contribution in [0, 0.1) is 0 Å². The molecule has 0 saturated heterocycles. The Morgan fingerprint density at radius 3 is 2.46 bits per heavy atom. The molecule has 0 bridgehead atoms. The molecule has 76 valence electrons. The molecule has 0 amide bonds. The van der Waals surface area contributed by atoms with Crippen LogP contribution in [-0.2, 0) is 4.79 Å². The van der Waals surface area contributed by atoms with Gasteiger partial charge < -0.3 is 10.0 Å². The summed E-state index contributed by atoms with van der Waals surface area (Å²) in [5, 5.41) is 8.59.